The van der Waals surface area contributed by atoms with Crippen molar-refractivity contribution in [3.63, 3.8) is 0 Å². The summed E-state index contributed by atoms with van der Waals surface area (Å²) in [6.07, 6.45) is 0.330. The molecule has 0 saturated carbocycles. The lowest BCUT2D eigenvalue weighted by Gasteiger charge is -2.33. The van der Waals surface area contributed by atoms with Gasteiger partial charge in [0.1, 0.15) is 6.61 Å². The second-order valence-corrected chi connectivity index (χ2v) is 7.90. The van der Waals surface area contributed by atoms with E-state index in [1.165, 1.54) is 0 Å². The van der Waals surface area contributed by atoms with Crippen molar-refractivity contribution in [1.29, 1.82) is 0 Å². The molecule has 1 atom stereocenters. The summed E-state index contributed by atoms with van der Waals surface area (Å²) < 4.78 is 16.8. The lowest BCUT2D eigenvalue weighted by Crippen LogP contribution is -2.51. The Morgan fingerprint density at radius 2 is 1.75 bits per heavy atom. The number of cyclic esters (lactones) is 1. The maximum absolute atomic E-state index is 12.9. The fourth-order valence-corrected chi connectivity index (χ4v) is 3.71. The van der Waals surface area contributed by atoms with Crippen LogP contribution in [0.25, 0.3) is 0 Å². The number of nitrogens with one attached hydrogen (secondary N) is 1. The summed E-state index contributed by atoms with van der Waals surface area (Å²) in [5, 5.41) is 2.88. The third kappa shape index (κ3) is 4.59. The second-order valence-electron chi connectivity index (χ2n) is 7.90. The molecule has 32 heavy (non-hydrogen) atoms. The van der Waals surface area contributed by atoms with Gasteiger partial charge in [-0.1, -0.05) is 54.6 Å². The number of hydrogen-bond acceptors (Lipinski definition) is 5. The highest BCUT2D eigenvalue weighted by Gasteiger charge is 2.42. The number of carbonyl (C=O) groups is 2. The van der Waals surface area contributed by atoms with Crippen LogP contribution in [0.5, 0.6) is 11.5 Å². The van der Waals surface area contributed by atoms with Crippen LogP contribution in [0.15, 0.2) is 72.8 Å². The number of fused-ring (bicyclic) bond motifs is 1. The zero-order chi connectivity index (χ0) is 22.6. The van der Waals surface area contributed by atoms with Gasteiger partial charge in [0, 0.05) is 13.0 Å². The van der Waals surface area contributed by atoms with E-state index in [0.29, 0.717) is 30.1 Å². The molecule has 164 valence electrons. The van der Waals surface area contributed by atoms with E-state index in [9.17, 15) is 9.59 Å². The van der Waals surface area contributed by atoms with Gasteiger partial charge in [0.05, 0.1) is 12.7 Å². The Morgan fingerprint density at radius 3 is 2.53 bits per heavy atom. The van der Waals surface area contributed by atoms with E-state index in [0.717, 1.165) is 16.7 Å². The lowest BCUT2D eigenvalue weighted by molar-refractivity contribution is -0.139. The predicted molar refractivity (Wildman–Crippen MR) is 120 cm³/mol. The molecule has 0 aromatic heterocycles. The van der Waals surface area contributed by atoms with E-state index in [1.807, 2.05) is 60.7 Å². The zero-order valence-electron chi connectivity index (χ0n) is 18.1. The van der Waals surface area contributed by atoms with Crippen LogP contribution in [0.3, 0.4) is 0 Å². The molecule has 1 aliphatic rings. The second kappa shape index (κ2) is 9.14. The van der Waals surface area contributed by atoms with Crippen molar-refractivity contribution in [2.75, 3.05) is 7.11 Å². The number of ether oxygens (including phenoxy) is 3. The first-order valence-electron chi connectivity index (χ1n) is 10.4. The molecule has 0 fully saturated rings. The maximum Gasteiger partial charge on any atom is 0.339 e. The lowest BCUT2D eigenvalue weighted by atomic mass is 9.89. The molecule has 3 aromatic carbocycles. The van der Waals surface area contributed by atoms with Crippen molar-refractivity contribution in [2.24, 2.45) is 0 Å². The molecular formula is C26H25NO5. The molecule has 6 heteroatoms. The first kappa shape index (κ1) is 21.4. The minimum atomic E-state index is -1.26. The molecule has 1 N–H and O–H groups in total. The Kier molecular flexibility index (Phi) is 6.12. The van der Waals surface area contributed by atoms with Crippen molar-refractivity contribution in [1.82, 2.24) is 5.32 Å². The van der Waals surface area contributed by atoms with Crippen molar-refractivity contribution in [3.8, 4) is 11.5 Å². The van der Waals surface area contributed by atoms with Gasteiger partial charge in [0.25, 0.3) is 5.91 Å². The Bertz CT molecular complexity index is 1130. The van der Waals surface area contributed by atoms with Gasteiger partial charge < -0.3 is 19.5 Å². The van der Waals surface area contributed by atoms with Gasteiger partial charge in [-0.05, 0) is 41.8 Å². The number of carbonyl (C=O) groups excluding carboxylic acids is 2. The van der Waals surface area contributed by atoms with Gasteiger partial charge >= 0.3 is 5.97 Å². The molecule has 6 nitrogen and oxygen atoms in total. The molecule has 1 heterocycles. The van der Waals surface area contributed by atoms with Gasteiger partial charge in [-0.2, -0.15) is 0 Å². The molecule has 1 amide bonds. The van der Waals surface area contributed by atoms with E-state index in [2.05, 4.69) is 5.32 Å². The van der Waals surface area contributed by atoms with Crippen molar-refractivity contribution >= 4 is 11.9 Å². The van der Waals surface area contributed by atoms with E-state index < -0.39 is 11.6 Å². The van der Waals surface area contributed by atoms with Gasteiger partial charge in [-0.15, -0.1) is 0 Å². The van der Waals surface area contributed by atoms with Crippen LogP contribution in [0, 0.1) is 0 Å². The monoisotopic (exact) mass is 431 g/mol. The molecule has 3 aromatic rings. The topological polar surface area (TPSA) is 73.9 Å². The Balaban J connectivity index is 1.40. The molecule has 1 aliphatic heterocycles. The summed E-state index contributed by atoms with van der Waals surface area (Å²) in [6, 6.07) is 22.6. The normalized spacial score (nSPS) is 17.1. The minimum absolute atomic E-state index is 0.267. The predicted octanol–water partition coefficient (Wildman–Crippen LogP) is 4.06. The van der Waals surface area contributed by atoms with Crippen LogP contribution >= 0.6 is 0 Å². The average Bonchev–Trinajstić information content (AvgIpc) is 2.82. The molecule has 0 spiro atoms. The highest BCUT2D eigenvalue weighted by atomic mass is 16.6. The largest absolute Gasteiger partial charge is 0.493 e. The van der Waals surface area contributed by atoms with E-state index in [-0.39, 0.29) is 12.5 Å². The molecule has 4 rings (SSSR count). The van der Waals surface area contributed by atoms with Gasteiger partial charge in [0.2, 0.25) is 0 Å². The average molecular weight is 431 g/mol. The Hall–Kier alpha value is -3.80. The van der Waals surface area contributed by atoms with Crippen molar-refractivity contribution in [2.45, 2.75) is 32.1 Å². The summed E-state index contributed by atoms with van der Waals surface area (Å²) in [5.74, 6) is 0.378. The minimum Gasteiger partial charge on any atom is -0.493 e. The standard InChI is InChI=1S/C26H25NO5/c1-26(15-20-10-6-7-11-21(20)24(28)32-26)25(29)27-16-19-12-13-22(23(14-19)30-2)31-17-18-8-4-3-5-9-18/h3-14H,15-17H2,1-2H3,(H,27,29). The summed E-state index contributed by atoms with van der Waals surface area (Å²) in [5.41, 5.74) is 1.96. The number of benzene rings is 3. The Labute approximate surface area is 187 Å². The quantitative estimate of drug-likeness (QED) is 0.571. The zero-order valence-corrected chi connectivity index (χ0v) is 18.1. The van der Waals surface area contributed by atoms with Crippen molar-refractivity contribution < 1.29 is 23.8 Å². The highest BCUT2D eigenvalue weighted by molar-refractivity contribution is 5.97. The molecule has 0 radical (unpaired) electrons. The van der Waals surface area contributed by atoms with Crippen LogP contribution in [0.4, 0.5) is 0 Å². The third-order valence-corrected chi connectivity index (χ3v) is 5.48. The molecule has 1 unspecified atom stereocenters. The molecule has 0 saturated heterocycles. The SMILES string of the molecule is COc1cc(CNC(=O)C2(C)Cc3ccccc3C(=O)O2)ccc1OCc1ccccc1. The van der Waals surface area contributed by atoms with Crippen molar-refractivity contribution in [3.05, 3.63) is 95.1 Å². The summed E-state index contributed by atoms with van der Waals surface area (Å²) >= 11 is 0. The first-order valence-corrected chi connectivity index (χ1v) is 10.4. The molecule has 0 aliphatic carbocycles. The Morgan fingerprint density at radius 1 is 1.00 bits per heavy atom. The summed E-state index contributed by atoms with van der Waals surface area (Å²) in [7, 11) is 1.58. The number of amides is 1. The number of methoxy groups -OCH3 is 1. The highest BCUT2D eigenvalue weighted by Crippen LogP contribution is 2.30. The molecule has 0 bridgehead atoms. The number of rotatable bonds is 7. The van der Waals surface area contributed by atoms with E-state index in [1.54, 1.807) is 26.2 Å². The van der Waals surface area contributed by atoms with Gasteiger partial charge in [0.15, 0.2) is 17.1 Å². The van der Waals surface area contributed by atoms with Crippen LogP contribution < -0.4 is 14.8 Å². The summed E-state index contributed by atoms with van der Waals surface area (Å²) in [4.78, 5) is 25.2. The fourth-order valence-electron chi connectivity index (χ4n) is 3.71. The van der Waals surface area contributed by atoms with Gasteiger partial charge in [-0.25, -0.2) is 4.79 Å². The van der Waals surface area contributed by atoms with Crippen LogP contribution in [-0.2, 0) is 29.1 Å². The summed E-state index contributed by atoms with van der Waals surface area (Å²) in [6.45, 7) is 2.33. The van der Waals surface area contributed by atoms with Crippen LogP contribution in [-0.4, -0.2) is 24.6 Å². The molecular weight excluding hydrogens is 406 g/mol. The van der Waals surface area contributed by atoms with E-state index in [4.69, 9.17) is 14.2 Å². The fraction of sp³-hybridized carbons (Fsp3) is 0.231. The number of esters is 1. The van der Waals surface area contributed by atoms with Crippen LogP contribution in [0.2, 0.25) is 0 Å². The maximum atomic E-state index is 12.9. The van der Waals surface area contributed by atoms with E-state index >= 15 is 0 Å². The smallest absolute Gasteiger partial charge is 0.339 e. The first-order chi connectivity index (χ1) is 15.5. The van der Waals surface area contributed by atoms with Gasteiger partial charge in [-0.3, -0.25) is 4.79 Å². The number of hydrogen-bond donors (Lipinski definition) is 1. The van der Waals surface area contributed by atoms with Crippen LogP contribution in [0.1, 0.15) is 34.0 Å². The third-order valence-electron chi connectivity index (χ3n) is 5.48.